The second kappa shape index (κ2) is 7.62. The van der Waals surface area contributed by atoms with Crippen LogP contribution in [0.15, 0.2) is 24.3 Å². The molecule has 110 valence electrons. The van der Waals surface area contributed by atoms with Gasteiger partial charge in [0.1, 0.15) is 5.82 Å². The summed E-state index contributed by atoms with van der Waals surface area (Å²) in [7, 11) is 0. The number of carbonyl (C=O) groups is 2. The van der Waals surface area contributed by atoms with E-state index in [2.05, 4.69) is 0 Å². The summed E-state index contributed by atoms with van der Waals surface area (Å²) in [4.78, 5) is 24.3. The third-order valence-corrected chi connectivity index (χ3v) is 2.82. The van der Waals surface area contributed by atoms with E-state index in [4.69, 9.17) is 5.11 Å². The Morgan fingerprint density at radius 2 is 1.85 bits per heavy atom. The van der Waals surface area contributed by atoms with Gasteiger partial charge in [-0.3, -0.25) is 9.59 Å². The number of rotatable bonds is 7. The summed E-state index contributed by atoms with van der Waals surface area (Å²) in [6.45, 7) is 4.34. The van der Waals surface area contributed by atoms with E-state index >= 15 is 0 Å². The molecule has 0 aromatic heterocycles. The predicted octanol–water partition coefficient (Wildman–Crippen LogP) is 2.68. The van der Waals surface area contributed by atoms with E-state index < -0.39 is 5.97 Å². The number of carboxylic acid groups (broad SMARTS) is 1. The van der Waals surface area contributed by atoms with E-state index in [1.165, 1.54) is 17.0 Å². The highest BCUT2D eigenvalue weighted by Gasteiger charge is 2.16. The maximum Gasteiger partial charge on any atom is 0.305 e. The third-order valence-electron chi connectivity index (χ3n) is 2.82. The van der Waals surface area contributed by atoms with E-state index in [9.17, 15) is 14.0 Å². The Morgan fingerprint density at radius 3 is 2.35 bits per heavy atom. The average Bonchev–Trinajstić information content (AvgIpc) is 2.35. The van der Waals surface area contributed by atoms with Gasteiger partial charge in [0.05, 0.1) is 6.42 Å². The van der Waals surface area contributed by atoms with Gasteiger partial charge in [0.15, 0.2) is 0 Å². The number of aliphatic carboxylic acids is 1. The van der Waals surface area contributed by atoms with Gasteiger partial charge in [-0.1, -0.05) is 26.0 Å². The Morgan fingerprint density at radius 1 is 1.25 bits per heavy atom. The van der Waals surface area contributed by atoms with Crippen molar-refractivity contribution in [1.29, 1.82) is 0 Å². The largest absolute Gasteiger partial charge is 0.481 e. The Hall–Kier alpha value is -1.91. The highest BCUT2D eigenvalue weighted by molar-refractivity contribution is 5.77. The molecule has 0 heterocycles. The summed E-state index contributed by atoms with van der Waals surface area (Å²) < 4.78 is 12.9. The van der Waals surface area contributed by atoms with Crippen molar-refractivity contribution in [2.75, 3.05) is 6.54 Å². The summed E-state index contributed by atoms with van der Waals surface area (Å²) in [5, 5.41) is 8.74. The van der Waals surface area contributed by atoms with Gasteiger partial charge in [-0.2, -0.15) is 0 Å². The lowest BCUT2D eigenvalue weighted by atomic mass is 10.1. The molecule has 1 aromatic rings. The van der Waals surface area contributed by atoms with Crippen LogP contribution in [0.4, 0.5) is 4.39 Å². The fourth-order valence-corrected chi connectivity index (χ4v) is 1.81. The van der Waals surface area contributed by atoms with Crippen molar-refractivity contribution in [3.05, 3.63) is 35.6 Å². The first kappa shape index (κ1) is 16.1. The maximum atomic E-state index is 12.9. The molecule has 0 saturated carbocycles. The monoisotopic (exact) mass is 281 g/mol. The second-order valence-electron chi connectivity index (χ2n) is 5.18. The number of benzene rings is 1. The molecule has 20 heavy (non-hydrogen) atoms. The van der Waals surface area contributed by atoms with Crippen LogP contribution in [-0.4, -0.2) is 28.4 Å². The number of carbonyl (C=O) groups excluding carboxylic acids is 1. The number of carboxylic acids is 1. The zero-order chi connectivity index (χ0) is 15.1. The molecule has 0 unspecified atom stereocenters. The van der Waals surface area contributed by atoms with Crippen LogP contribution in [0, 0.1) is 11.7 Å². The van der Waals surface area contributed by atoms with Crippen LogP contribution >= 0.6 is 0 Å². The van der Waals surface area contributed by atoms with Crippen LogP contribution in [0.3, 0.4) is 0 Å². The number of hydrogen-bond donors (Lipinski definition) is 1. The van der Waals surface area contributed by atoms with Crippen LogP contribution in [0.2, 0.25) is 0 Å². The minimum Gasteiger partial charge on any atom is -0.481 e. The van der Waals surface area contributed by atoms with Gasteiger partial charge in [-0.05, 0) is 23.6 Å². The summed E-state index contributed by atoms with van der Waals surface area (Å²) in [6.07, 6.45) is 0.284. The van der Waals surface area contributed by atoms with Crippen LogP contribution in [0.5, 0.6) is 0 Å². The molecule has 0 spiro atoms. The van der Waals surface area contributed by atoms with Gasteiger partial charge in [0.25, 0.3) is 0 Å². The summed E-state index contributed by atoms with van der Waals surface area (Å²) in [5.41, 5.74) is 0.786. The van der Waals surface area contributed by atoms with Crippen molar-refractivity contribution in [2.24, 2.45) is 5.92 Å². The SMILES string of the molecule is CC(C)CC(=O)N(CCC(=O)O)Cc1ccc(F)cc1. The van der Waals surface area contributed by atoms with Crippen LogP contribution in [-0.2, 0) is 16.1 Å². The van der Waals surface area contributed by atoms with Crippen molar-refractivity contribution in [1.82, 2.24) is 4.90 Å². The molecule has 0 saturated heterocycles. The number of amides is 1. The van der Waals surface area contributed by atoms with Gasteiger partial charge < -0.3 is 10.0 Å². The van der Waals surface area contributed by atoms with Gasteiger partial charge in [-0.15, -0.1) is 0 Å². The topological polar surface area (TPSA) is 57.6 Å². The van der Waals surface area contributed by atoms with Crippen molar-refractivity contribution in [2.45, 2.75) is 33.2 Å². The highest BCUT2D eigenvalue weighted by atomic mass is 19.1. The fourth-order valence-electron chi connectivity index (χ4n) is 1.81. The van der Waals surface area contributed by atoms with Gasteiger partial charge in [0, 0.05) is 19.5 Å². The van der Waals surface area contributed by atoms with Crippen LogP contribution < -0.4 is 0 Å². The predicted molar refractivity (Wildman–Crippen MR) is 73.5 cm³/mol. The lowest BCUT2D eigenvalue weighted by Gasteiger charge is -2.23. The second-order valence-corrected chi connectivity index (χ2v) is 5.18. The first-order valence-electron chi connectivity index (χ1n) is 6.62. The summed E-state index contributed by atoms with van der Waals surface area (Å²) in [5.74, 6) is -1.14. The fraction of sp³-hybridized carbons (Fsp3) is 0.467. The van der Waals surface area contributed by atoms with E-state index in [0.717, 1.165) is 5.56 Å². The number of nitrogens with zero attached hydrogens (tertiary/aromatic N) is 1. The molecule has 1 amide bonds. The molecular formula is C15H20FNO3. The van der Waals surface area contributed by atoms with Crippen molar-refractivity contribution in [3.63, 3.8) is 0 Å². The molecule has 0 aliphatic rings. The Labute approximate surface area is 118 Å². The molecule has 0 aliphatic carbocycles. The molecule has 1 rings (SSSR count). The van der Waals surface area contributed by atoms with Crippen molar-refractivity contribution >= 4 is 11.9 Å². The Balaban J connectivity index is 2.72. The van der Waals surface area contributed by atoms with Crippen molar-refractivity contribution in [3.8, 4) is 0 Å². The molecule has 0 aliphatic heterocycles. The summed E-state index contributed by atoms with van der Waals surface area (Å²) in [6, 6.07) is 5.87. The molecule has 5 heteroatoms. The van der Waals surface area contributed by atoms with Crippen LogP contribution in [0.25, 0.3) is 0 Å². The maximum absolute atomic E-state index is 12.9. The van der Waals surface area contributed by atoms with E-state index in [0.29, 0.717) is 13.0 Å². The molecule has 0 fully saturated rings. The zero-order valence-electron chi connectivity index (χ0n) is 11.8. The number of halogens is 1. The minimum atomic E-state index is -0.938. The van der Waals surface area contributed by atoms with E-state index in [1.54, 1.807) is 12.1 Å². The average molecular weight is 281 g/mol. The lowest BCUT2D eigenvalue weighted by Crippen LogP contribution is -2.33. The van der Waals surface area contributed by atoms with Gasteiger partial charge in [0.2, 0.25) is 5.91 Å². The number of hydrogen-bond acceptors (Lipinski definition) is 2. The normalized spacial score (nSPS) is 10.6. The minimum absolute atomic E-state index is 0.0782. The van der Waals surface area contributed by atoms with Gasteiger partial charge >= 0.3 is 5.97 Å². The third kappa shape index (κ3) is 5.82. The smallest absolute Gasteiger partial charge is 0.305 e. The highest BCUT2D eigenvalue weighted by Crippen LogP contribution is 2.11. The Bertz CT molecular complexity index is 457. The first-order valence-corrected chi connectivity index (χ1v) is 6.62. The first-order chi connectivity index (χ1) is 9.38. The lowest BCUT2D eigenvalue weighted by molar-refractivity contribution is -0.138. The molecule has 0 radical (unpaired) electrons. The van der Waals surface area contributed by atoms with Gasteiger partial charge in [-0.25, -0.2) is 4.39 Å². The molecule has 0 bridgehead atoms. The molecule has 1 N–H and O–H groups in total. The standard InChI is InChI=1S/C15H20FNO3/c1-11(2)9-14(18)17(8-7-15(19)20)10-12-3-5-13(16)6-4-12/h3-6,11H,7-10H2,1-2H3,(H,19,20). The zero-order valence-corrected chi connectivity index (χ0v) is 11.8. The van der Waals surface area contributed by atoms with E-state index in [1.807, 2.05) is 13.8 Å². The molecule has 0 atom stereocenters. The Kier molecular flexibility index (Phi) is 6.15. The van der Waals surface area contributed by atoms with Crippen molar-refractivity contribution < 1.29 is 19.1 Å². The molecule has 4 nitrogen and oxygen atoms in total. The molecular weight excluding hydrogens is 261 g/mol. The molecule has 1 aromatic carbocycles. The van der Waals surface area contributed by atoms with E-state index in [-0.39, 0.29) is 30.6 Å². The quantitative estimate of drug-likeness (QED) is 0.836. The van der Waals surface area contributed by atoms with Crippen LogP contribution in [0.1, 0.15) is 32.3 Å². The summed E-state index contributed by atoms with van der Waals surface area (Å²) >= 11 is 0.